The topological polar surface area (TPSA) is 93.8 Å². The molecule has 2 N–H and O–H groups in total. The second kappa shape index (κ2) is 6.82. The Morgan fingerprint density at radius 3 is 2.82 bits per heavy atom. The van der Waals surface area contributed by atoms with Gasteiger partial charge in [0.15, 0.2) is 28.8 Å². The second-order valence-corrected chi connectivity index (χ2v) is 6.45. The van der Waals surface area contributed by atoms with Crippen molar-refractivity contribution >= 4 is 17.2 Å². The molecule has 1 aliphatic rings. The highest BCUT2D eigenvalue weighted by atomic mass is 16.7. The van der Waals surface area contributed by atoms with E-state index in [-0.39, 0.29) is 13.4 Å². The summed E-state index contributed by atoms with van der Waals surface area (Å²) in [5.74, 6) is 2.88. The third-order valence-electron chi connectivity index (χ3n) is 4.51. The van der Waals surface area contributed by atoms with Crippen molar-refractivity contribution in [2.75, 3.05) is 12.1 Å². The summed E-state index contributed by atoms with van der Waals surface area (Å²) in [7, 11) is 0. The van der Waals surface area contributed by atoms with Gasteiger partial charge < -0.3 is 19.9 Å². The standard InChI is InChI=1S/C20H17N5O3/c26-11-14-2-1-3-15(8-14)21-18-6-7-19-22-23-20(25(19)24-18)10-13-4-5-16-17(9-13)28-12-27-16/h1-9,26H,10-12H2,(H,21,24). The first-order valence-electron chi connectivity index (χ1n) is 8.85. The Kier molecular flexibility index (Phi) is 4.02. The molecule has 8 heteroatoms. The van der Waals surface area contributed by atoms with Crippen LogP contribution < -0.4 is 14.8 Å². The van der Waals surface area contributed by atoms with E-state index in [0.717, 1.165) is 34.1 Å². The van der Waals surface area contributed by atoms with Crippen molar-refractivity contribution in [1.82, 2.24) is 19.8 Å². The van der Waals surface area contributed by atoms with E-state index in [1.807, 2.05) is 54.6 Å². The van der Waals surface area contributed by atoms with Crippen LogP contribution in [0.5, 0.6) is 11.5 Å². The van der Waals surface area contributed by atoms with Crippen LogP contribution in [0.4, 0.5) is 11.5 Å². The zero-order chi connectivity index (χ0) is 18.9. The Balaban J connectivity index is 1.43. The highest BCUT2D eigenvalue weighted by Crippen LogP contribution is 2.33. The van der Waals surface area contributed by atoms with E-state index < -0.39 is 0 Å². The van der Waals surface area contributed by atoms with Gasteiger partial charge in [0.25, 0.3) is 0 Å². The Labute approximate surface area is 160 Å². The molecule has 0 radical (unpaired) electrons. The number of aromatic nitrogens is 4. The summed E-state index contributed by atoms with van der Waals surface area (Å²) in [5.41, 5.74) is 3.39. The minimum atomic E-state index is -0.00684. The molecule has 0 saturated carbocycles. The zero-order valence-electron chi connectivity index (χ0n) is 14.9. The molecule has 5 rings (SSSR count). The smallest absolute Gasteiger partial charge is 0.231 e. The minimum absolute atomic E-state index is 0.00684. The quantitative estimate of drug-likeness (QED) is 0.554. The van der Waals surface area contributed by atoms with Crippen LogP contribution in [-0.4, -0.2) is 31.7 Å². The number of benzene rings is 2. The molecule has 8 nitrogen and oxygen atoms in total. The largest absolute Gasteiger partial charge is 0.454 e. The summed E-state index contributed by atoms with van der Waals surface area (Å²) in [5, 5.41) is 25.6. The molecule has 0 fully saturated rings. The third-order valence-corrected chi connectivity index (χ3v) is 4.51. The molecule has 1 aliphatic heterocycles. The lowest BCUT2D eigenvalue weighted by molar-refractivity contribution is 0.174. The lowest BCUT2D eigenvalue weighted by Crippen LogP contribution is -2.03. The van der Waals surface area contributed by atoms with Gasteiger partial charge in [0.05, 0.1) is 6.61 Å². The number of aliphatic hydroxyl groups excluding tert-OH is 1. The predicted octanol–water partition coefficient (Wildman–Crippen LogP) is 2.68. The number of nitrogens with zero attached hydrogens (tertiary/aromatic N) is 4. The average molecular weight is 375 g/mol. The van der Waals surface area contributed by atoms with Crippen LogP contribution in [0.3, 0.4) is 0 Å². The van der Waals surface area contributed by atoms with Gasteiger partial charge >= 0.3 is 0 Å². The second-order valence-electron chi connectivity index (χ2n) is 6.45. The van der Waals surface area contributed by atoms with Crippen molar-refractivity contribution in [1.29, 1.82) is 0 Å². The molecule has 0 saturated heterocycles. The van der Waals surface area contributed by atoms with Crippen molar-refractivity contribution in [3.63, 3.8) is 0 Å². The Hall–Kier alpha value is -3.65. The van der Waals surface area contributed by atoms with Crippen LogP contribution in [-0.2, 0) is 13.0 Å². The van der Waals surface area contributed by atoms with E-state index >= 15 is 0 Å². The molecule has 4 aromatic rings. The lowest BCUT2D eigenvalue weighted by Gasteiger charge is -2.08. The first-order chi connectivity index (χ1) is 13.8. The molecule has 3 heterocycles. The summed E-state index contributed by atoms with van der Waals surface area (Å²) in [6.45, 7) is 0.244. The first kappa shape index (κ1) is 16.5. The number of anilines is 2. The molecule has 0 bridgehead atoms. The van der Waals surface area contributed by atoms with E-state index in [9.17, 15) is 5.11 Å². The number of ether oxygens (including phenoxy) is 2. The van der Waals surface area contributed by atoms with Crippen molar-refractivity contribution in [2.24, 2.45) is 0 Å². The molecule has 28 heavy (non-hydrogen) atoms. The number of aliphatic hydroxyl groups is 1. The number of nitrogens with one attached hydrogen (secondary N) is 1. The van der Waals surface area contributed by atoms with Gasteiger partial charge in [0.1, 0.15) is 0 Å². The molecule has 0 spiro atoms. The van der Waals surface area contributed by atoms with Crippen LogP contribution >= 0.6 is 0 Å². The Morgan fingerprint density at radius 2 is 1.89 bits per heavy atom. The number of rotatable bonds is 5. The van der Waals surface area contributed by atoms with Crippen LogP contribution in [0.1, 0.15) is 17.0 Å². The van der Waals surface area contributed by atoms with Gasteiger partial charge in [-0.2, -0.15) is 4.52 Å². The van der Waals surface area contributed by atoms with Gasteiger partial charge in [-0.05, 0) is 47.5 Å². The maximum atomic E-state index is 9.30. The zero-order valence-corrected chi connectivity index (χ0v) is 14.9. The van der Waals surface area contributed by atoms with Gasteiger partial charge in [0.2, 0.25) is 6.79 Å². The molecule has 0 atom stereocenters. The molecule has 0 unspecified atom stereocenters. The molecular formula is C20H17N5O3. The maximum absolute atomic E-state index is 9.30. The van der Waals surface area contributed by atoms with Crippen molar-refractivity contribution in [3.05, 3.63) is 71.5 Å². The van der Waals surface area contributed by atoms with Crippen LogP contribution in [0.2, 0.25) is 0 Å². The van der Waals surface area contributed by atoms with Crippen LogP contribution in [0.25, 0.3) is 5.65 Å². The fourth-order valence-corrected chi connectivity index (χ4v) is 3.14. The summed E-state index contributed by atoms with van der Waals surface area (Å²) in [6, 6.07) is 17.1. The van der Waals surface area contributed by atoms with Gasteiger partial charge in [-0.3, -0.25) is 0 Å². The monoisotopic (exact) mass is 375 g/mol. The molecule has 2 aromatic carbocycles. The molecule has 2 aromatic heterocycles. The third kappa shape index (κ3) is 3.10. The highest BCUT2D eigenvalue weighted by molar-refractivity contribution is 5.58. The predicted molar refractivity (Wildman–Crippen MR) is 102 cm³/mol. The molecule has 140 valence electrons. The molecule has 0 aliphatic carbocycles. The van der Waals surface area contributed by atoms with Gasteiger partial charge in [-0.15, -0.1) is 15.3 Å². The summed E-state index contributed by atoms with van der Waals surface area (Å²) >= 11 is 0. The Bertz CT molecular complexity index is 1160. The van der Waals surface area contributed by atoms with Crippen molar-refractivity contribution in [2.45, 2.75) is 13.0 Å². The maximum Gasteiger partial charge on any atom is 0.231 e. The Morgan fingerprint density at radius 1 is 0.964 bits per heavy atom. The van der Waals surface area contributed by atoms with Gasteiger partial charge in [-0.25, -0.2) is 0 Å². The van der Waals surface area contributed by atoms with Gasteiger partial charge in [-0.1, -0.05) is 18.2 Å². The first-order valence-corrected chi connectivity index (χ1v) is 8.85. The fourth-order valence-electron chi connectivity index (χ4n) is 3.14. The van der Waals surface area contributed by atoms with Crippen molar-refractivity contribution in [3.8, 4) is 11.5 Å². The van der Waals surface area contributed by atoms with Gasteiger partial charge in [0, 0.05) is 12.1 Å². The van der Waals surface area contributed by atoms with Crippen LogP contribution in [0.15, 0.2) is 54.6 Å². The SMILES string of the molecule is OCc1cccc(Nc2ccc3nnc(Cc4ccc5c(c4)OCO5)n3n2)c1. The van der Waals surface area contributed by atoms with Crippen LogP contribution in [0, 0.1) is 0 Å². The van der Waals surface area contributed by atoms with E-state index in [2.05, 4.69) is 20.6 Å². The normalized spacial score (nSPS) is 12.5. The highest BCUT2D eigenvalue weighted by Gasteiger charge is 2.15. The lowest BCUT2D eigenvalue weighted by atomic mass is 10.1. The van der Waals surface area contributed by atoms with E-state index in [1.54, 1.807) is 4.52 Å². The molecule has 0 amide bonds. The van der Waals surface area contributed by atoms with Crippen molar-refractivity contribution < 1.29 is 14.6 Å². The number of hydrogen-bond acceptors (Lipinski definition) is 7. The summed E-state index contributed by atoms with van der Waals surface area (Å²) < 4.78 is 12.5. The minimum Gasteiger partial charge on any atom is -0.454 e. The van der Waals surface area contributed by atoms with E-state index in [1.165, 1.54) is 0 Å². The number of hydrogen-bond donors (Lipinski definition) is 2. The summed E-state index contributed by atoms with van der Waals surface area (Å²) in [6.07, 6.45) is 0.564. The van der Waals surface area contributed by atoms with E-state index in [0.29, 0.717) is 17.9 Å². The molecular weight excluding hydrogens is 358 g/mol. The van der Waals surface area contributed by atoms with E-state index in [4.69, 9.17) is 9.47 Å². The fraction of sp³-hybridized carbons (Fsp3) is 0.150. The average Bonchev–Trinajstić information content (AvgIpc) is 3.35. The number of fused-ring (bicyclic) bond motifs is 2. The summed E-state index contributed by atoms with van der Waals surface area (Å²) in [4.78, 5) is 0.